The zero-order chi connectivity index (χ0) is 42.5. The van der Waals surface area contributed by atoms with Crippen LogP contribution >= 0.6 is 0 Å². The van der Waals surface area contributed by atoms with Crippen molar-refractivity contribution in [1.29, 1.82) is 0 Å². The molecule has 4 rings (SSSR count). The second kappa shape index (κ2) is 29.6. The Morgan fingerprint density at radius 3 is 1.68 bits per heavy atom. The van der Waals surface area contributed by atoms with Crippen molar-refractivity contribution in [3.63, 3.8) is 0 Å². The lowest BCUT2D eigenvalue weighted by atomic mass is 10.0. The van der Waals surface area contributed by atoms with Gasteiger partial charge in [0.25, 0.3) is 0 Å². The van der Waals surface area contributed by atoms with Gasteiger partial charge in [-0.15, -0.1) is 0 Å². The van der Waals surface area contributed by atoms with E-state index in [0.717, 1.165) is 25.9 Å². The van der Waals surface area contributed by atoms with Gasteiger partial charge in [0.1, 0.15) is 11.9 Å². The topological polar surface area (TPSA) is 196 Å². The van der Waals surface area contributed by atoms with Crippen molar-refractivity contribution in [3.05, 3.63) is 59.7 Å². The Bertz CT molecular complexity index is 1580. The van der Waals surface area contributed by atoms with E-state index in [1.807, 2.05) is 6.92 Å². The number of amides is 4. The molecule has 18 heteroatoms. The summed E-state index contributed by atoms with van der Waals surface area (Å²) in [5.41, 5.74) is 2.53. The summed E-state index contributed by atoms with van der Waals surface area (Å²) < 4.78 is 67.4. The van der Waals surface area contributed by atoms with Gasteiger partial charge in [0, 0.05) is 39.3 Å². The molecule has 1 aliphatic heterocycles. The smallest absolute Gasteiger partial charge is 0.314 e. The number of piperidine rings is 1. The molecule has 1 fully saturated rings. The van der Waals surface area contributed by atoms with Crippen LogP contribution in [0.25, 0.3) is 0 Å². The van der Waals surface area contributed by atoms with E-state index in [9.17, 15) is 18.0 Å². The van der Waals surface area contributed by atoms with Gasteiger partial charge in [-0.25, -0.2) is 22.7 Å². The zero-order valence-corrected chi connectivity index (χ0v) is 36.1. The van der Waals surface area contributed by atoms with Crippen molar-refractivity contribution >= 4 is 22.1 Å². The van der Waals surface area contributed by atoms with E-state index in [-0.39, 0.29) is 42.3 Å². The van der Waals surface area contributed by atoms with Crippen molar-refractivity contribution in [2.75, 3.05) is 125 Å². The molecular formula is C42H68N6O11S. The average Bonchev–Trinajstić information content (AvgIpc) is 3.62. The number of rotatable bonds is 32. The highest BCUT2D eigenvalue weighted by Crippen LogP contribution is 2.39. The molecule has 4 amide bonds. The molecular weight excluding hydrogens is 797 g/mol. The minimum atomic E-state index is -3.71. The highest BCUT2D eigenvalue weighted by atomic mass is 32.2. The summed E-state index contributed by atoms with van der Waals surface area (Å²) in [6.45, 7) is 11.0. The number of ether oxygens (including phenoxy) is 7. The highest BCUT2D eigenvalue weighted by Gasteiger charge is 2.38. The van der Waals surface area contributed by atoms with Gasteiger partial charge in [-0.1, -0.05) is 30.7 Å². The first-order valence-electron chi connectivity index (χ1n) is 21.5. The molecule has 2 aromatic rings. The van der Waals surface area contributed by atoms with Crippen LogP contribution in [0.15, 0.2) is 53.4 Å². The van der Waals surface area contributed by atoms with E-state index in [0.29, 0.717) is 111 Å². The maximum Gasteiger partial charge on any atom is 0.314 e. The van der Waals surface area contributed by atoms with E-state index in [2.05, 4.69) is 55.2 Å². The molecule has 2 aromatic carbocycles. The Hall–Kier alpha value is -3.59. The first-order chi connectivity index (χ1) is 29.4. The molecule has 338 valence electrons. The highest BCUT2D eigenvalue weighted by molar-refractivity contribution is 7.89. The van der Waals surface area contributed by atoms with Gasteiger partial charge < -0.3 is 54.4 Å². The zero-order valence-electron chi connectivity index (χ0n) is 35.3. The Labute approximate surface area is 356 Å². The van der Waals surface area contributed by atoms with E-state index in [4.69, 9.17) is 33.2 Å². The maximum atomic E-state index is 12.9. The summed E-state index contributed by atoms with van der Waals surface area (Å²) in [4.78, 5) is 26.5. The molecule has 5 N–H and O–H groups in total. The first-order valence-corrected chi connectivity index (χ1v) is 22.9. The number of unbranched alkanes of at least 4 members (excludes halogenated alkanes) is 1. The monoisotopic (exact) mass is 864 g/mol. The van der Waals surface area contributed by atoms with Crippen LogP contribution in [0.4, 0.5) is 9.59 Å². The Morgan fingerprint density at radius 1 is 0.617 bits per heavy atom. The van der Waals surface area contributed by atoms with Crippen LogP contribution in [0.3, 0.4) is 0 Å². The number of carbonyl (C=O) groups is 2. The van der Waals surface area contributed by atoms with Crippen LogP contribution in [0.5, 0.6) is 5.75 Å². The largest absolute Gasteiger partial charge is 0.484 e. The fraction of sp³-hybridized carbons (Fsp3) is 0.667. The SMILES string of the molecule is CCOCCOCCOCCNC(=O)NCCCCNC(=O)NCCOCCOCCOCCNS(=O)(=O)c1ccc(O[C@H]2c3ccccc3C[C@@H]2N2CCCCC2)cc1. The van der Waals surface area contributed by atoms with E-state index >= 15 is 0 Å². The van der Waals surface area contributed by atoms with Gasteiger partial charge >= 0.3 is 12.1 Å². The molecule has 2 aliphatic rings. The molecule has 0 unspecified atom stereocenters. The predicted octanol–water partition coefficient (Wildman–Crippen LogP) is 2.99. The summed E-state index contributed by atoms with van der Waals surface area (Å²) >= 11 is 0. The third-order valence-corrected chi connectivity index (χ3v) is 11.3. The van der Waals surface area contributed by atoms with Gasteiger partial charge in [0.05, 0.1) is 83.6 Å². The molecule has 0 saturated carbocycles. The van der Waals surface area contributed by atoms with Gasteiger partial charge in [0.15, 0.2) is 0 Å². The van der Waals surface area contributed by atoms with Crippen LogP contribution in [0.2, 0.25) is 0 Å². The number of fused-ring (bicyclic) bond motifs is 1. The van der Waals surface area contributed by atoms with Crippen molar-refractivity contribution in [3.8, 4) is 5.75 Å². The molecule has 1 saturated heterocycles. The van der Waals surface area contributed by atoms with Crippen molar-refractivity contribution < 1.29 is 51.2 Å². The number of carbonyl (C=O) groups excluding carboxylic acids is 2. The maximum absolute atomic E-state index is 12.9. The van der Waals surface area contributed by atoms with Gasteiger partial charge in [-0.2, -0.15) is 0 Å². The summed E-state index contributed by atoms with van der Waals surface area (Å²) in [6.07, 6.45) is 5.99. The van der Waals surface area contributed by atoms with Crippen LogP contribution in [-0.4, -0.2) is 157 Å². The number of hydrogen-bond donors (Lipinski definition) is 5. The van der Waals surface area contributed by atoms with Gasteiger partial charge in [-0.3, -0.25) is 4.90 Å². The number of urea groups is 2. The number of likely N-dealkylation sites (tertiary alicyclic amines) is 1. The first kappa shape index (κ1) is 49.1. The van der Waals surface area contributed by atoms with Crippen molar-refractivity contribution in [2.45, 2.75) is 62.5 Å². The van der Waals surface area contributed by atoms with Crippen LogP contribution in [0.1, 0.15) is 56.3 Å². The lowest BCUT2D eigenvalue weighted by Crippen LogP contribution is -2.43. The molecule has 0 spiro atoms. The Balaban J connectivity index is 0.915. The molecule has 60 heavy (non-hydrogen) atoms. The predicted molar refractivity (Wildman–Crippen MR) is 227 cm³/mol. The summed E-state index contributed by atoms with van der Waals surface area (Å²) in [7, 11) is -3.71. The lowest BCUT2D eigenvalue weighted by Gasteiger charge is -2.35. The van der Waals surface area contributed by atoms with E-state index < -0.39 is 10.0 Å². The van der Waals surface area contributed by atoms with Crippen LogP contribution < -0.4 is 30.7 Å². The van der Waals surface area contributed by atoms with E-state index in [1.54, 1.807) is 24.3 Å². The minimum absolute atomic E-state index is 0.0945. The van der Waals surface area contributed by atoms with Crippen LogP contribution in [0, 0.1) is 0 Å². The molecule has 0 aromatic heterocycles. The fourth-order valence-electron chi connectivity index (χ4n) is 6.80. The summed E-state index contributed by atoms with van der Waals surface area (Å²) in [5.74, 6) is 0.647. The third-order valence-electron chi connectivity index (χ3n) is 9.87. The Morgan fingerprint density at radius 2 is 1.12 bits per heavy atom. The molecule has 1 heterocycles. The molecule has 0 bridgehead atoms. The number of benzene rings is 2. The summed E-state index contributed by atoms with van der Waals surface area (Å²) in [5, 5.41) is 11.0. The summed E-state index contributed by atoms with van der Waals surface area (Å²) in [6, 6.07) is 14.8. The number of nitrogens with one attached hydrogen (secondary N) is 5. The average molecular weight is 865 g/mol. The second-order valence-corrected chi connectivity index (χ2v) is 16.1. The molecule has 0 radical (unpaired) electrons. The van der Waals surface area contributed by atoms with Crippen LogP contribution in [-0.2, 0) is 44.9 Å². The van der Waals surface area contributed by atoms with Crippen molar-refractivity contribution in [2.24, 2.45) is 0 Å². The van der Waals surface area contributed by atoms with Gasteiger partial charge in [-0.05, 0) is 87.5 Å². The second-order valence-electron chi connectivity index (χ2n) is 14.3. The molecule has 1 aliphatic carbocycles. The molecule has 17 nitrogen and oxygen atoms in total. The quantitative estimate of drug-likeness (QED) is 0.0676. The Kier molecular flexibility index (Phi) is 24.2. The lowest BCUT2D eigenvalue weighted by molar-refractivity contribution is 0.0165. The molecule has 2 atom stereocenters. The normalized spacial score (nSPS) is 16.6. The minimum Gasteiger partial charge on any atom is -0.484 e. The fourth-order valence-corrected chi connectivity index (χ4v) is 7.82. The van der Waals surface area contributed by atoms with Crippen molar-refractivity contribution in [1.82, 2.24) is 30.9 Å². The standard InChI is InChI=1S/C42H68N6O11S/c1-2-53-26-27-57-31-28-54-23-18-45-41(49)43-16-6-7-17-44-42(50)46-19-24-55-29-32-58-33-30-56-25-20-47-60(51,52)37-14-12-36(13-15-37)59-40-38-11-5-4-10-35(38)34-39(40)48-21-8-3-9-22-48/h4-5,10-15,39-40,47H,2-3,6-9,16-34H2,1H3,(H2,43,45,49)(H2,44,46,50)/t39-,40-/m0/s1. The van der Waals surface area contributed by atoms with Gasteiger partial charge in [0.2, 0.25) is 10.0 Å². The third kappa shape index (κ3) is 19.4. The number of hydrogen-bond acceptors (Lipinski definition) is 12. The van der Waals surface area contributed by atoms with E-state index in [1.165, 1.54) is 30.4 Å². The number of sulfonamides is 1. The number of nitrogens with zero attached hydrogens (tertiary/aromatic N) is 1.